The van der Waals surface area contributed by atoms with Crippen LogP contribution in [0.1, 0.15) is 6.42 Å². The molecule has 1 aliphatic rings. The highest BCUT2D eigenvalue weighted by atomic mass is 35.5. The first-order valence-electron chi connectivity index (χ1n) is 5.70. The maximum atomic E-state index is 10.1. The van der Waals surface area contributed by atoms with E-state index in [4.69, 9.17) is 31.3 Å². The van der Waals surface area contributed by atoms with Crippen molar-refractivity contribution in [1.82, 2.24) is 5.16 Å². The average molecular weight is 283 g/mol. The number of nitrogens with zero attached hydrogens (tertiary/aromatic N) is 1. The van der Waals surface area contributed by atoms with E-state index in [1.165, 1.54) is 12.1 Å². The quantitative estimate of drug-likeness (QED) is 0.835. The third-order valence-electron chi connectivity index (χ3n) is 2.75. The maximum absolute atomic E-state index is 10.1. The van der Waals surface area contributed by atoms with Crippen LogP contribution in [0.4, 0.5) is 5.88 Å². The molecule has 0 saturated carbocycles. The van der Waals surface area contributed by atoms with Crippen molar-refractivity contribution in [2.45, 2.75) is 6.42 Å². The number of rotatable bonds is 1. The predicted molar refractivity (Wildman–Crippen MR) is 68.6 cm³/mol. The van der Waals surface area contributed by atoms with E-state index in [9.17, 15) is 5.11 Å². The molecule has 0 bridgehead atoms. The Morgan fingerprint density at radius 1 is 1.26 bits per heavy atom. The Bertz CT molecular complexity index is 626. The molecule has 6 nitrogen and oxygen atoms in total. The maximum Gasteiger partial charge on any atom is 0.222 e. The van der Waals surface area contributed by atoms with Crippen molar-refractivity contribution in [2.75, 3.05) is 18.9 Å². The van der Waals surface area contributed by atoms with Crippen LogP contribution in [0.3, 0.4) is 0 Å². The van der Waals surface area contributed by atoms with E-state index in [0.29, 0.717) is 36.0 Å². The van der Waals surface area contributed by atoms with Gasteiger partial charge < -0.3 is 24.8 Å². The van der Waals surface area contributed by atoms with E-state index in [0.717, 1.165) is 6.42 Å². The zero-order valence-corrected chi connectivity index (χ0v) is 10.6. The van der Waals surface area contributed by atoms with Gasteiger partial charge in [0, 0.05) is 18.6 Å². The van der Waals surface area contributed by atoms with Crippen molar-refractivity contribution in [3.8, 4) is 28.5 Å². The number of phenols is 1. The molecular weight excluding hydrogens is 272 g/mol. The highest BCUT2D eigenvalue weighted by Gasteiger charge is 2.24. The van der Waals surface area contributed by atoms with Crippen LogP contribution in [0.5, 0.6) is 17.2 Å². The van der Waals surface area contributed by atoms with Crippen molar-refractivity contribution < 1.29 is 19.1 Å². The SMILES string of the molecule is Nc1cc(-c2c(O)c(Cl)cc3c2OCCCO3)no1. The Balaban J connectivity index is 2.24. The van der Waals surface area contributed by atoms with Crippen LogP contribution in [0.2, 0.25) is 5.02 Å². The molecule has 0 saturated heterocycles. The molecule has 0 unspecified atom stereocenters. The van der Waals surface area contributed by atoms with Crippen LogP contribution in [-0.2, 0) is 0 Å². The van der Waals surface area contributed by atoms with E-state index in [2.05, 4.69) is 5.16 Å². The van der Waals surface area contributed by atoms with Gasteiger partial charge in [-0.25, -0.2) is 0 Å². The van der Waals surface area contributed by atoms with Crippen LogP contribution in [0.15, 0.2) is 16.7 Å². The van der Waals surface area contributed by atoms with E-state index >= 15 is 0 Å². The fourth-order valence-corrected chi connectivity index (χ4v) is 2.10. The summed E-state index contributed by atoms with van der Waals surface area (Å²) in [6.45, 7) is 1.00. The summed E-state index contributed by atoms with van der Waals surface area (Å²) in [4.78, 5) is 0. The molecular formula is C12H11ClN2O4. The highest BCUT2D eigenvalue weighted by molar-refractivity contribution is 6.32. The van der Waals surface area contributed by atoms with Crippen molar-refractivity contribution in [3.63, 3.8) is 0 Å². The first-order chi connectivity index (χ1) is 9.16. The van der Waals surface area contributed by atoms with Gasteiger partial charge >= 0.3 is 0 Å². The van der Waals surface area contributed by atoms with E-state index < -0.39 is 0 Å². The molecule has 3 N–H and O–H groups in total. The molecule has 1 aliphatic heterocycles. The number of nitrogen functional groups attached to an aromatic ring is 1. The van der Waals surface area contributed by atoms with E-state index in [1.807, 2.05) is 0 Å². The lowest BCUT2D eigenvalue weighted by Gasteiger charge is -2.13. The van der Waals surface area contributed by atoms with Gasteiger partial charge in [-0.1, -0.05) is 16.8 Å². The number of nitrogens with two attached hydrogens (primary N) is 1. The number of aromatic hydroxyl groups is 1. The summed E-state index contributed by atoms with van der Waals surface area (Å²) < 4.78 is 16.0. The summed E-state index contributed by atoms with van der Waals surface area (Å²) in [5.41, 5.74) is 6.17. The highest BCUT2D eigenvalue weighted by Crippen LogP contribution is 2.48. The molecule has 3 rings (SSSR count). The first kappa shape index (κ1) is 12.0. The number of aromatic nitrogens is 1. The second kappa shape index (κ2) is 4.55. The molecule has 1 aromatic heterocycles. The van der Waals surface area contributed by atoms with Gasteiger partial charge in [-0.05, 0) is 0 Å². The number of benzene rings is 1. The van der Waals surface area contributed by atoms with Crippen LogP contribution in [0.25, 0.3) is 11.3 Å². The lowest BCUT2D eigenvalue weighted by atomic mass is 10.1. The Kier molecular flexibility index (Phi) is 2.87. The lowest BCUT2D eigenvalue weighted by molar-refractivity contribution is 0.297. The van der Waals surface area contributed by atoms with Gasteiger partial charge in [-0.3, -0.25) is 0 Å². The minimum Gasteiger partial charge on any atom is -0.506 e. The van der Waals surface area contributed by atoms with Gasteiger partial charge in [0.25, 0.3) is 0 Å². The minimum atomic E-state index is -0.140. The standard InChI is InChI=1S/C12H11ClN2O4/c13-6-4-8-12(18-3-1-2-17-8)10(11(6)16)7-5-9(14)19-15-7/h4-5,16H,1-3,14H2. The number of hydrogen-bond donors (Lipinski definition) is 2. The Hall–Kier alpha value is -2.08. The summed E-state index contributed by atoms with van der Waals surface area (Å²) in [6.07, 6.45) is 0.744. The summed E-state index contributed by atoms with van der Waals surface area (Å²) in [6, 6.07) is 3.00. The minimum absolute atomic E-state index is 0.137. The molecule has 100 valence electrons. The van der Waals surface area contributed by atoms with Gasteiger partial charge in [0.2, 0.25) is 5.88 Å². The van der Waals surface area contributed by atoms with Crippen molar-refractivity contribution >= 4 is 17.5 Å². The van der Waals surface area contributed by atoms with Crippen LogP contribution in [0, 0.1) is 0 Å². The number of hydrogen-bond acceptors (Lipinski definition) is 6. The zero-order valence-electron chi connectivity index (χ0n) is 9.85. The largest absolute Gasteiger partial charge is 0.506 e. The van der Waals surface area contributed by atoms with Gasteiger partial charge in [-0.2, -0.15) is 0 Å². The molecule has 0 fully saturated rings. The molecule has 7 heteroatoms. The van der Waals surface area contributed by atoms with Crippen molar-refractivity contribution in [2.24, 2.45) is 0 Å². The van der Waals surface area contributed by atoms with Gasteiger partial charge in [-0.15, -0.1) is 0 Å². The second-order valence-electron chi connectivity index (χ2n) is 4.07. The number of halogens is 1. The average Bonchev–Trinajstić information content (AvgIpc) is 2.67. The molecule has 2 aromatic rings. The third-order valence-corrected chi connectivity index (χ3v) is 3.04. The normalized spacial score (nSPS) is 14.2. The van der Waals surface area contributed by atoms with Crippen molar-refractivity contribution in [1.29, 1.82) is 0 Å². The van der Waals surface area contributed by atoms with Crippen LogP contribution >= 0.6 is 11.6 Å². The van der Waals surface area contributed by atoms with Crippen LogP contribution < -0.4 is 15.2 Å². The second-order valence-corrected chi connectivity index (χ2v) is 4.48. The molecule has 0 aliphatic carbocycles. The van der Waals surface area contributed by atoms with Crippen molar-refractivity contribution in [3.05, 3.63) is 17.2 Å². The molecule has 0 spiro atoms. The fraction of sp³-hybridized carbons (Fsp3) is 0.250. The number of fused-ring (bicyclic) bond motifs is 1. The fourth-order valence-electron chi connectivity index (χ4n) is 1.91. The Morgan fingerprint density at radius 2 is 2.05 bits per heavy atom. The topological polar surface area (TPSA) is 90.7 Å². The summed E-state index contributed by atoms with van der Waals surface area (Å²) in [7, 11) is 0. The molecule has 0 amide bonds. The number of phenolic OH excluding ortho intramolecular Hbond substituents is 1. The van der Waals surface area contributed by atoms with Crippen LogP contribution in [-0.4, -0.2) is 23.5 Å². The number of anilines is 1. The summed E-state index contributed by atoms with van der Waals surface area (Å²) in [5.74, 6) is 0.862. The Labute approximate surface area is 113 Å². The molecule has 1 aromatic carbocycles. The van der Waals surface area contributed by atoms with E-state index in [-0.39, 0.29) is 16.7 Å². The van der Waals surface area contributed by atoms with Gasteiger partial charge in [0.15, 0.2) is 11.5 Å². The molecule has 0 atom stereocenters. The summed E-state index contributed by atoms with van der Waals surface area (Å²) in [5, 5.41) is 14.0. The predicted octanol–water partition coefficient (Wildman–Crippen LogP) is 2.44. The lowest BCUT2D eigenvalue weighted by Crippen LogP contribution is -1.98. The zero-order chi connectivity index (χ0) is 13.4. The third kappa shape index (κ3) is 2.04. The van der Waals surface area contributed by atoms with Gasteiger partial charge in [0.05, 0.1) is 23.8 Å². The van der Waals surface area contributed by atoms with E-state index in [1.54, 1.807) is 0 Å². The monoisotopic (exact) mass is 282 g/mol. The first-order valence-corrected chi connectivity index (χ1v) is 6.08. The smallest absolute Gasteiger partial charge is 0.222 e. The molecule has 0 radical (unpaired) electrons. The Morgan fingerprint density at radius 3 is 2.79 bits per heavy atom. The molecule has 2 heterocycles. The number of ether oxygens (including phenoxy) is 2. The van der Waals surface area contributed by atoms with Gasteiger partial charge in [0.1, 0.15) is 11.4 Å². The summed E-state index contributed by atoms with van der Waals surface area (Å²) >= 11 is 5.99. The molecule has 19 heavy (non-hydrogen) atoms.